The molecule has 1 N–H and O–H groups in total. The molecule has 1 aromatic heterocycles. The standard InChI is InChI=1S/C14H15F2N3/c1-8(2)12-7-13(17-3)19-14(18-12)9-4-10(15)6-11(16)5-9/h4-8H,1-3H3,(H,17,18,19). The minimum absolute atomic E-state index is 0.201. The first-order valence-corrected chi connectivity index (χ1v) is 6.03. The van der Waals surface area contributed by atoms with Crippen molar-refractivity contribution in [3.8, 4) is 11.4 Å². The lowest BCUT2D eigenvalue weighted by Crippen LogP contribution is -2.02. The Hall–Kier alpha value is -2.04. The van der Waals surface area contributed by atoms with Gasteiger partial charge in [0.05, 0.1) is 0 Å². The smallest absolute Gasteiger partial charge is 0.161 e. The van der Waals surface area contributed by atoms with E-state index in [2.05, 4.69) is 15.3 Å². The SMILES string of the molecule is CNc1cc(C(C)C)nc(-c2cc(F)cc(F)c2)n1. The molecule has 3 nitrogen and oxygen atoms in total. The molecule has 0 radical (unpaired) electrons. The van der Waals surface area contributed by atoms with Gasteiger partial charge in [0.1, 0.15) is 17.5 Å². The normalized spacial score (nSPS) is 10.8. The lowest BCUT2D eigenvalue weighted by molar-refractivity contribution is 0.584. The summed E-state index contributed by atoms with van der Waals surface area (Å²) in [6.07, 6.45) is 0. The van der Waals surface area contributed by atoms with Crippen LogP contribution in [0.3, 0.4) is 0 Å². The summed E-state index contributed by atoms with van der Waals surface area (Å²) in [5.74, 6) is -0.140. The molecule has 0 fully saturated rings. The quantitative estimate of drug-likeness (QED) is 0.919. The van der Waals surface area contributed by atoms with Crippen LogP contribution in [0.4, 0.5) is 14.6 Å². The zero-order valence-corrected chi connectivity index (χ0v) is 11.0. The van der Waals surface area contributed by atoms with Gasteiger partial charge in [0.2, 0.25) is 0 Å². The highest BCUT2D eigenvalue weighted by Gasteiger charge is 2.11. The summed E-state index contributed by atoms with van der Waals surface area (Å²) in [4.78, 5) is 8.58. The van der Waals surface area contributed by atoms with Gasteiger partial charge in [0, 0.05) is 30.4 Å². The van der Waals surface area contributed by atoms with Gasteiger partial charge in [-0.1, -0.05) is 13.8 Å². The van der Waals surface area contributed by atoms with Crippen LogP contribution in [0, 0.1) is 11.6 Å². The average Bonchev–Trinajstić information content (AvgIpc) is 2.37. The maximum atomic E-state index is 13.2. The molecule has 5 heteroatoms. The lowest BCUT2D eigenvalue weighted by Gasteiger charge is -2.10. The van der Waals surface area contributed by atoms with Gasteiger partial charge in [-0.3, -0.25) is 0 Å². The average molecular weight is 263 g/mol. The maximum Gasteiger partial charge on any atom is 0.161 e. The van der Waals surface area contributed by atoms with Crippen molar-refractivity contribution in [3.05, 3.63) is 41.6 Å². The first-order chi connectivity index (χ1) is 8.99. The van der Waals surface area contributed by atoms with Crippen LogP contribution in [-0.2, 0) is 0 Å². The van der Waals surface area contributed by atoms with Crippen LogP contribution >= 0.6 is 0 Å². The Bertz CT molecular complexity index is 577. The van der Waals surface area contributed by atoms with Gasteiger partial charge >= 0.3 is 0 Å². The van der Waals surface area contributed by atoms with Gasteiger partial charge in [-0.15, -0.1) is 0 Å². The van der Waals surface area contributed by atoms with Crippen LogP contribution in [-0.4, -0.2) is 17.0 Å². The van der Waals surface area contributed by atoms with Gasteiger partial charge in [0.15, 0.2) is 5.82 Å². The molecule has 2 aromatic rings. The predicted molar refractivity (Wildman–Crippen MR) is 71.0 cm³/mol. The van der Waals surface area contributed by atoms with E-state index in [9.17, 15) is 8.78 Å². The minimum atomic E-state index is -0.639. The Balaban J connectivity index is 2.57. The maximum absolute atomic E-state index is 13.2. The Morgan fingerprint density at radius 3 is 2.16 bits per heavy atom. The number of anilines is 1. The second-order valence-electron chi connectivity index (χ2n) is 4.56. The third-order valence-electron chi connectivity index (χ3n) is 2.71. The Morgan fingerprint density at radius 1 is 1.00 bits per heavy atom. The van der Waals surface area contributed by atoms with Crippen LogP contribution in [0.1, 0.15) is 25.5 Å². The van der Waals surface area contributed by atoms with Crippen molar-refractivity contribution in [1.82, 2.24) is 9.97 Å². The third-order valence-corrected chi connectivity index (χ3v) is 2.71. The van der Waals surface area contributed by atoms with Crippen LogP contribution < -0.4 is 5.32 Å². The summed E-state index contributed by atoms with van der Waals surface area (Å²) in [6.45, 7) is 4.00. The molecule has 0 aliphatic heterocycles. The summed E-state index contributed by atoms with van der Waals surface area (Å²) < 4.78 is 26.5. The first-order valence-electron chi connectivity index (χ1n) is 6.03. The number of benzene rings is 1. The molecular formula is C14H15F2N3. The van der Waals surface area contributed by atoms with Crippen molar-refractivity contribution < 1.29 is 8.78 Å². The number of hydrogen-bond acceptors (Lipinski definition) is 3. The fourth-order valence-corrected chi connectivity index (χ4v) is 1.70. The Kier molecular flexibility index (Phi) is 3.74. The molecule has 100 valence electrons. The van der Waals surface area contributed by atoms with Gasteiger partial charge in [-0.25, -0.2) is 18.7 Å². The van der Waals surface area contributed by atoms with Crippen molar-refractivity contribution in [2.45, 2.75) is 19.8 Å². The van der Waals surface area contributed by atoms with Gasteiger partial charge in [-0.2, -0.15) is 0 Å². The molecule has 0 spiro atoms. The highest BCUT2D eigenvalue weighted by Crippen LogP contribution is 2.23. The van der Waals surface area contributed by atoms with Crippen LogP contribution in [0.5, 0.6) is 0 Å². The fraction of sp³-hybridized carbons (Fsp3) is 0.286. The fourth-order valence-electron chi connectivity index (χ4n) is 1.70. The molecule has 19 heavy (non-hydrogen) atoms. The third kappa shape index (κ3) is 3.05. The summed E-state index contributed by atoms with van der Waals surface area (Å²) in [7, 11) is 1.74. The second-order valence-corrected chi connectivity index (χ2v) is 4.56. The van der Waals surface area contributed by atoms with Crippen molar-refractivity contribution in [1.29, 1.82) is 0 Å². The summed E-state index contributed by atoms with van der Waals surface area (Å²) in [5.41, 5.74) is 1.15. The van der Waals surface area contributed by atoms with Crippen LogP contribution in [0.2, 0.25) is 0 Å². The van der Waals surface area contributed by atoms with Crippen molar-refractivity contribution in [2.75, 3.05) is 12.4 Å². The molecular weight excluding hydrogens is 248 g/mol. The molecule has 0 saturated carbocycles. The van der Waals surface area contributed by atoms with Crippen LogP contribution in [0.15, 0.2) is 24.3 Å². The van der Waals surface area contributed by atoms with E-state index in [-0.39, 0.29) is 5.92 Å². The largest absolute Gasteiger partial charge is 0.373 e. The topological polar surface area (TPSA) is 37.8 Å². The van der Waals surface area contributed by atoms with E-state index in [1.54, 1.807) is 7.05 Å². The zero-order chi connectivity index (χ0) is 14.0. The highest BCUT2D eigenvalue weighted by molar-refractivity contribution is 5.58. The van der Waals surface area contributed by atoms with Crippen LogP contribution in [0.25, 0.3) is 11.4 Å². The van der Waals surface area contributed by atoms with Crippen molar-refractivity contribution >= 4 is 5.82 Å². The molecule has 0 aliphatic carbocycles. The predicted octanol–water partition coefficient (Wildman–Crippen LogP) is 3.59. The molecule has 0 unspecified atom stereocenters. The zero-order valence-electron chi connectivity index (χ0n) is 11.0. The van der Waals surface area contributed by atoms with E-state index in [0.717, 1.165) is 11.8 Å². The molecule has 0 aliphatic rings. The van der Waals surface area contributed by atoms with E-state index in [4.69, 9.17) is 0 Å². The molecule has 0 saturated heterocycles. The minimum Gasteiger partial charge on any atom is -0.373 e. The van der Waals surface area contributed by atoms with Gasteiger partial charge in [0.25, 0.3) is 0 Å². The molecule has 0 atom stereocenters. The summed E-state index contributed by atoms with van der Waals surface area (Å²) in [5, 5.41) is 2.92. The van der Waals surface area contributed by atoms with E-state index in [1.807, 2.05) is 19.9 Å². The number of halogens is 2. The highest BCUT2D eigenvalue weighted by atomic mass is 19.1. The molecule has 1 heterocycles. The molecule has 0 amide bonds. The Morgan fingerprint density at radius 2 is 1.63 bits per heavy atom. The second kappa shape index (κ2) is 5.30. The number of aromatic nitrogens is 2. The molecule has 2 rings (SSSR count). The number of hydrogen-bond donors (Lipinski definition) is 1. The number of nitrogens with one attached hydrogen (secondary N) is 1. The van der Waals surface area contributed by atoms with Crippen molar-refractivity contribution in [2.24, 2.45) is 0 Å². The molecule has 0 bridgehead atoms. The number of rotatable bonds is 3. The van der Waals surface area contributed by atoms with E-state index >= 15 is 0 Å². The van der Waals surface area contributed by atoms with E-state index in [1.165, 1.54) is 12.1 Å². The summed E-state index contributed by atoms with van der Waals surface area (Å²) >= 11 is 0. The first kappa shape index (κ1) is 13.4. The number of nitrogens with zero attached hydrogens (tertiary/aromatic N) is 2. The van der Waals surface area contributed by atoms with Gasteiger partial charge < -0.3 is 5.32 Å². The van der Waals surface area contributed by atoms with E-state index in [0.29, 0.717) is 17.2 Å². The summed E-state index contributed by atoms with van der Waals surface area (Å²) in [6, 6.07) is 5.10. The Labute approximate surface area is 110 Å². The monoisotopic (exact) mass is 263 g/mol. The molecule has 1 aromatic carbocycles. The van der Waals surface area contributed by atoms with E-state index < -0.39 is 11.6 Å². The van der Waals surface area contributed by atoms with Gasteiger partial charge in [-0.05, 0) is 18.1 Å². The van der Waals surface area contributed by atoms with Crippen molar-refractivity contribution in [3.63, 3.8) is 0 Å². The lowest BCUT2D eigenvalue weighted by atomic mass is 10.1.